The Hall–Kier alpha value is -4.85. The molecule has 350 valence electrons. The number of amides is 1. The summed E-state index contributed by atoms with van der Waals surface area (Å²) in [5.74, 6) is -1.11. The van der Waals surface area contributed by atoms with Gasteiger partial charge in [0.05, 0.1) is 41.3 Å². The number of carboxylic acid groups (broad SMARTS) is 1. The monoisotopic (exact) mass is 921 g/mol. The van der Waals surface area contributed by atoms with E-state index < -0.39 is 43.1 Å². The SMILES string of the molecule is Cc1c(-c2ccc(N3CCc4c(CC5O[C@H](CO)[C@@H](O)[C@H](O)[C@H]5O)ccc(C(=O)Nc5nc6ccccc6s5)c4C3)nc2C(=O)O)cnn1CC12CC3(C)CC(C)(C1)CC(OCCN)(C3)C2. The van der Waals surface area contributed by atoms with E-state index in [0.717, 1.165) is 59.1 Å². The van der Waals surface area contributed by atoms with E-state index in [1.165, 1.54) is 17.8 Å². The second-order valence-electron chi connectivity index (χ2n) is 20.6. The summed E-state index contributed by atoms with van der Waals surface area (Å²) in [7, 11) is 0. The van der Waals surface area contributed by atoms with Gasteiger partial charge in [0.25, 0.3) is 5.91 Å². The van der Waals surface area contributed by atoms with Gasteiger partial charge in [-0.1, -0.05) is 43.4 Å². The Morgan fingerprint density at radius 3 is 2.41 bits per heavy atom. The predicted octanol–water partition coefficient (Wildman–Crippen LogP) is 4.86. The zero-order valence-corrected chi connectivity index (χ0v) is 38.4. The zero-order valence-electron chi connectivity index (χ0n) is 37.6. The van der Waals surface area contributed by atoms with Crippen LogP contribution in [0.3, 0.4) is 0 Å². The van der Waals surface area contributed by atoms with Gasteiger partial charge in [-0.3, -0.25) is 14.8 Å². The third-order valence-electron chi connectivity index (χ3n) is 15.1. The molecule has 17 heteroatoms. The minimum Gasteiger partial charge on any atom is -0.476 e. The summed E-state index contributed by atoms with van der Waals surface area (Å²) < 4.78 is 15.5. The van der Waals surface area contributed by atoms with E-state index in [-0.39, 0.29) is 46.4 Å². The number of anilines is 2. The number of aliphatic hydroxyl groups excluding tert-OH is 4. The number of fused-ring (bicyclic) bond motifs is 2. The topological polar surface area (TPSA) is 239 Å². The molecule has 5 aromatic rings. The smallest absolute Gasteiger partial charge is 0.355 e. The normalized spacial score (nSPS) is 31.3. The number of pyridine rings is 1. The highest BCUT2D eigenvalue weighted by Crippen LogP contribution is 2.72. The fourth-order valence-corrected chi connectivity index (χ4v) is 14.5. The molecule has 4 aliphatic carbocycles. The molecule has 2 aliphatic heterocycles. The van der Waals surface area contributed by atoms with Crippen molar-refractivity contribution in [3.05, 3.63) is 88.4 Å². The minimum absolute atomic E-state index is 0.0119. The third kappa shape index (κ3) is 8.00. The van der Waals surface area contributed by atoms with E-state index in [2.05, 4.69) is 28.8 Å². The number of nitrogens with zero attached hydrogens (tertiary/aromatic N) is 5. The second kappa shape index (κ2) is 16.7. The van der Waals surface area contributed by atoms with Crippen molar-refractivity contribution in [2.24, 2.45) is 22.0 Å². The molecule has 2 aromatic carbocycles. The molecule has 1 saturated heterocycles. The number of carbonyl (C=O) groups is 2. The lowest BCUT2D eigenvalue weighted by Crippen LogP contribution is -2.64. The van der Waals surface area contributed by atoms with E-state index in [0.29, 0.717) is 65.9 Å². The number of nitrogens with two attached hydrogens (primary N) is 1. The van der Waals surface area contributed by atoms with Crippen molar-refractivity contribution in [3.63, 3.8) is 0 Å². The number of thiazole rings is 1. The zero-order chi connectivity index (χ0) is 46.3. The van der Waals surface area contributed by atoms with E-state index >= 15 is 0 Å². The summed E-state index contributed by atoms with van der Waals surface area (Å²) in [5.41, 5.74) is 11.5. The average Bonchev–Trinajstić information content (AvgIpc) is 3.85. The van der Waals surface area contributed by atoms with E-state index in [1.54, 1.807) is 24.4 Å². The molecule has 3 unspecified atom stereocenters. The van der Waals surface area contributed by atoms with Gasteiger partial charge in [0, 0.05) is 55.0 Å². The molecule has 6 aliphatic rings. The van der Waals surface area contributed by atoms with Crippen molar-refractivity contribution >= 4 is 44.4 Å². The van der Waals surface area contributed by atoms with Crippen LogP contribution in [0.15, 0.2) is 54.7 Å². The molecule has 0 spiro atoms. The maximum absolute atomic E-state index is 14.2. The van der Waals surface area contributed by atoms with Crippen LogP contribution in [0.4, 0.5) is 10.9 Å². The molecule has 7 atom stereocenters. The van der Waals surface area contributed by atoms with Crippen LogP contribution in [0, 0.1) is 23.2 Å². The quantitative estimate of drug-likeness (QED) is 0.0836. The van der Waals surface area contributed by atoms with Crippen LogP contribution in [0.25, 0.3) is 21.3 Å². The summed E-state index contributed by atoms with van der Waals surface area (Å²) in [6, 6.07) is 14.8. The lowest BCUT2D eigenvalue weighted by molar-refractivity contribution is -0.247. The number of para-hydroxylation sites is 1. The molecule has 4 bridgehead atoms. The first kappa shape index (κ1) is 45.0. The Morgan fingerprint density at radius 2 is 1.68 bits per heavy atom. The van der Waals surface area contributed by atoms with Crippen LogP contribution < -0.4 is 16.0 Å². The molecule has 5 fully saturated rings. The first-order chi connectivity index (χ1) is 31.5. The number of benzene rings is 2. The first-order valence-corrected chi connectivity index (χ1v) is 23.8. The molecule has 11 rings (SSSR count). The lowest BCUT2D eigenvalue weighted by Gasteiger charge is -2.69. The Kier molecular flexibility index (Phi) is 11.4. The summed E-state index contributed by atoms with van der Waals surface area (Å²) in [5, 5.41) is 60.8. The van der Waals surface area contributed by atoms with Crippen molar-refractivity contribution in [3.8, 4) is 11.1 Å². The summed E-state index contributed by atoms with van der Waals surface area (Å²) >= 11 is 1.36. The van der Waals surface area contributed by atoms with Crippen LogP contribution in [0.2, 0.25) is 0 Å². The highest BCUT2D eigenvalue weighted by molar-refractivity contribution is 7.22. The predicted molar refractivity (Wildman–Crippen MR) is 247 cm³/mol. The van der Waals surface area contributed by atoms with Gasteiger partial charge < -0.3 is 45.6 Å². The number of carbonyl (C=O) groups excluding carboxylic acids is 1. The highest BCUT2D eigenvalue weighted by Gasteiger charge is 2.66. The Bertz CT molecular complexity index is 2650. The number of hydrogen-bond donors (Lipinski definition) is 7. The summed E-state index contributed by atoms with van der Waals surface area (Å²) in [4.78, 5) is 38.6. The Labute approximate surface area is 386 Å². The number of hydrogen-bond acceptors (Lipinski definition) is 14. The Balaban J connectivity index is 0.945. The number of nitrogens with one attached hydrogen (secondary N) is 1. The first-order valence-electron chi connectivity index (χ1n) is 23.0. The number of aliphatic hydroxyl groups is 4. The number of rotatable bonds is 13. The number of aromatic carboxylic acids is 1. The van der Waals surface area contributed by atoms with Crippen LogP contribution in [0.5, 0.6) is 0 Å². The molecule has 8 N–H and O–H groups in total. The van der Waals surface area contributed by atoms with Gasteiger partial charge in [0.15, 0.2) is 10.8 Å². The molecule has 5 heterocycles. The molecule has 16 nitrogen and oxygen atoms in total. The molecule has 66 heavy (non-hydrogen) atoms. The van der Waals surface area contributed by atoms with E-state index in [9.17, 15) is 35.1 Å². The van der Waals surface area contributed by atoms with Crippen LogP contribution in [-0.2, 0) is 35.4 Å². The maximum atomic E-state index is 14.2. The number of carboxylic acids is 1. The maximum Gasteiger partial charge on any atom is 0.355 e. The highest BCUT2D eigenvalue weighted by atomic mass is 32.1. The molecule has 4 saturated carbocycles. The largest absolute Gasteiger partial charge is 0.476 e. The average molecular weight is 922 g/mol. The van der Waals surface area contributed by atoms with Crippen molar-refractivity contribution in [1.82, 2.24) is 19.7 Å². The minimum atomic E-state index is -1.52. The van der Waals surface area contributed by atoms with Gasteiger partial charge >= 0.3 is 5.97 Å². The van der Waals surface area contributed by atoms with Gasteiger partial charge in [-0.15, -0.1) is 0 Å². The molecule has 3 aromatic heterocycles. The van der Waals surface area contributed by atoms with Gasteiger partial charge in [-0.25, -0.2) is 14.8 Å². The van der Waals surface area contributed by atoms with Crippen LogP contribution in [-0.4, -0.2) is 120 Å². The fourth-order valence-electron chi connectivity index (χ4n) is 13.6. The van der Waals surface area contributed by atoms with E-state index in [4.69, 9.17) is 25.3 Å². The molecule has 1 amide bonds. The molecular weight excluding hydrogens is 863 g/mol. The van der Waals surface area contributed by atoms with E-state index in [1.807, 2.05) is 42.2 Å². The molecular formula is C49H59N7O9S. The van der Waals surface area contributed by atoms with Crippen LogP contribution >= 0.6 is 11.3 Å². The van der Waals surface area contributed by atoms with Gasteiger partial charge in [0.2, 0.25) is 0 Å². The van der Waals surface area contributed by atoms with Crippen molar-refractivity contribution < 1.29 is 44.6 Å². The summed E-state index contributed by atoms with van der Waals surface area (Å²) in [6.45, 7) is 8.67. The number of ether oxygens (including phenoxy) is 2. The second-order valence-corrected chi connectivity index (χ2v) is 21.6. The van der Waals surface area contributed by atoms with Crippen LogP contribution in [0.1, 0.15) is 95.6 Å². The van der Waals surface area contributed by atoms with Gasteiger partial charge in [-0.05, 0) is 115 Å². The lowest BCUT2D eigenvalue weighted by atomic mass is 9.39. The Morgan fingerprint density at radius 1 is 0.924 bits per heavy atom. The molecule has 0 radical (unpaired) electrons. The van der Waals surface area contributed by atoms with Crippen molar-refractivity contribution in [2.45, 2.75) is 121 Å². The standard InChI is InChI=1S/C49H59N7O9S/c1-27-32(17-51-56(27)26-48-21-46(2)20-47(3,22-48)24-49(23-46,25-48)64-15-13-50)30-10-11-38(53-39(30)44(62)63)55-14-12-29-28(16-35-40(58)42(60)41(59)36(19-57)65-35)8-9-31(33(29)18-55)43(61)54-45-52-34-6-4-5-7-37(34)66-45/h4-11,17,35-36,40-42,57-60H,12-16,18-26,50H2,1-3H3,(H,62,63)(H,52,54,61)/t35?,36-,40+,41-,42-,46?,47?,48?,49?/m1/s1. The van der Waals surface area contributed by atoms with Gasteiger partial charge in [0.1, 0.15) is 30.2 Å². The van der Waals surface area contributed by atoms with Gasteiger partial charge in [-0.2, -0.15) is 5.10 Å². The van der Waals surface area contributed by atoms with Crippen molar-refractivity contribution in [1.29, 1.82) is 0 Å². The fraction of sp³-hybridized carbons (Fsp3) is 0.531. The third-order valence-corrected chi connectivity index (χ3v) is 16.1. The number of aromatic nitrogens is 4. The van der Waals surface area contributed by atoms with Crippen molar-refractivity contribution in [2.75, 3.05) is 36.5 Å². The summed E-state index contributed by atoms with van der Waals surface area (Å²) in [6.07, 6.45) is 2.30.